The minimum atomic E-state index is -0.414. The van der Waals surface area contributed by atoms with Crippen LogP contribution < -0.4 is 5.32 Å². The molecule has 24 heavy (non-hydrogen) atoms. The van der Waals surface area contributed by atoms with Gasteiger partial charge in [-0.2, -0.15) is 0 Å². The van der Waals surface area contributed by atoms with Gasteiger partial charge in [-0.05, 0) is 68.3 Å². The van der Waals surface area contributed by atoms with Crippen molar-refractivity contribution >= 4 is 17.5 Å². The van der Waals surface area contributed by atoms with Gasteiger partial charge in [-0.15, -0.1) is 0 Å². The third-order valence-corrected chi connectivity index (χ3v) is 6.57. The van der Waals surface area contributed by atoms with E-state index in [4.69, 9.17) is 11.6 Å². The van der Waals surface area contributed by atoms with Crippen molar-refractivity contribution in [2.45, 2.75) is 44.9 Å². The van der Waals surface area contributed by atoms with E-state index in [0.29, 0.717) is 5.91 Å². The monoisotopic (exact) mass is 348 g/mol. The Kier molecular flexibility index (Phi) is 5.51. The summed E-state index contributed by atoms with van der Waals surface area (Å²) in [5, 5.41) is 4.23. The number of benzene rings is 1. The molecule has 1 N–H and O–H groups in total. The molecule has 132 valence electrons. The molecule has 2 fully saturated rings. The SMILES string of the molecule is CCC(CC)(C(=O)N1CC[C@@H]2CNC[C@@H]2CC1)c1ccc(Cl)cc1. The maximum Gasteiger partial charge on any atom is 0.233 e. The van der Waals surface area contributed by atoms with Crippen LogP contribution in [0.2, 0.25) is 5.02 Å². The summed E-state index contributed by atoms with van der Waals surface area (Å²) in [6.07, 6.45) is 3.92. The highest BCUT2D eigenvalue weighted by molar-refractivity contribution is 6.30. The molecule has 0 spiro atoms. The fourth-order valence-electron chi connectivity index (χ4n) is 4.58. The van der Waals surface area contributed by atoms with E-state index < -0.39 is 5.41 Å². The first-order chi connectivity index (χ1) is 11.6. The summed E-state index contributed by atoms with van der Waals surface area (Å²) in [5.74, 6) is 1.80. The van der Waals surface area contributed by atoms with Gasteiger partial charge in [0.05, 0.1) is 5.41 Å². The van der Waals surface area contributed by atoms with Crippen molar-refractivity contribution in [1.82, 2.24) is 10.2 Å². The molecule has 2 aliphatic heterocycles. The number of carbonyl (C=O) groups excluding carboxylic acids is 1. The Hall–Kier alpha value is -1.06. The molecule has 1 aromatic carbocycles. The Morgan fingerprint density at radius 2 is 1.67 bits per heavy atom. The summed E-state index contributed by atoms with van der Waals surface area (Å²) in [7, 11) is 0. The molecule has 0 bridgehead atoms. The molecule has 0 unspecified atom stereocenters. The van der Waals surface area contributed by atoms with Crippen LogP contribution in [0.5, 0.6) is 0 Å². The first kappa shape index (κ1) is 17.8. The van der Waals surface area contributed by atoms with Crippen LogP contribution >= 0.6 is 11.6 Å². The topological polar surface area (TPSA) is 32.3 Å². The molecule has 1 amide bonds. The van der Waals surface area contributed by atoms with Crippen LogP contribution in [-0.4, -0.2) is 37.0 Å². The number of nitrogens with one attached hydrogen (secondary N) is 1. The zero-order valence-electron chi connectivity index (χ0n) is 14.9. The van der Waals surface area contributed by atoms with Gasteiger partial charge in [0, 0.05) is 18.1 Å². The first-order valence-corrected chi connectivity index (χ1v) is 9.74. The van der Waals surface area contributed by atoms with E-state index in [0.717, 1.165) is 74.3 Å². The molecule has 3 rings (SSSR count). The van der Waals surface area contributed by atoms with Crippen molar-refractivity contribution in [3.8, 4) is 0 Å². The van der Waals surface area contributed by atoms with Crippen molar-refractivity contribution in [1.29, 1.82) is 0 Å². The van der Waals surface area contributed by atoms with E-state index in [1.54, 1.807) is 0 Å². The molecular formula is C20H29ClN2O. The Morgan fingerprint density at radius 1 is 1.12 bits per heavy atom. The quantitative estimate of drug-likeness (QED) is 0.896. The fraction of sp³-hybridized carbons (Fsp3) is 0.650. The van der Waals surface area contributed by atoms with Gasteiger partial charge in [0.25, 0.3) is 0 Å². The van der Waals surface area contributed by atoms with Crippen LogP contribution in [0.15, 0.2) is 24.3 Å². The van der Waals surface area contributed by atoms with Gasteiger partial charge >= 0.3 is 0 Å². The van der Waals surface area contributed by atoms with Crippen LogP contribution in [-0.2, 0) is 10.2 Å². The molecule has 0 aromatic heterocycles. The average molecular weight is 349 g/mol. The van der Waals surface area contributed by atoms with Crippen molar-refractivity contribution in [2.24, 2.45) is 11.8 Å². The molecule has 0 radical (unpaired) electrons. The molecule has 3 nitrogen and oxygen atoms in total. The van der Waals surface area contributed by atoms with Crippen molar-refractivity contribution in [2.75, 3.05) is 26.2 Å². The van der Waals surface area contributed by atoms with Gasteiger partial charge in [-0.25, -0.2) is 0 Å². The van der Waals surface area contributed by atoms with Crippen LogP contribution in [0.1, 0.15) is 45.1 Å². The number of amides is 1. The van der Waals surface area contributed by atoms with E-state index in [1.807, 2.05) is 24.3 Å². The standard InChI is InChI=1S/C20H29ClN2O/c1-3-20(4-2,17-5-7-18(21)8-6-17)19(24)23-11-9-15-13-22-14-16(15)10-12-23/h5-8,15-16,22H,3-4,9-14H2,1-2H3/t15-,16+. The Bertz CT molecular complexity index is 554. The van der Waals surface area contributed by atoms with Crippen molar-refractivity contribution < 1.29 is 4.79 Å². The second-order valence-corrected chi connectivity index (χ2v) is 7.78. The lowest BCUT2D eigenvalue weighted by Gasteiger charge is -2.36. The summed E-state index contributed by atoms with van der Waals surface area (Å²) < 4.78 is 0. The van der Waals surface area contributed by atoms with Crippen molar-refractivity contribution in [3.63, 3.8) is 0 Å². The largest absolute Gasteiger partial charge is 0.342 e. The highest BCUT2D eigenvalue weighted by Gasteiger charge is 2.41. The molecule has 2 saturated heterocycles. The maximum absolute atomic E-state index is 13.5. The van der Waals surface area contributed by atoms with Crippen molar-refractivity contribution in [3.05, 3.63) is 34.9 Å². The van der Waals surface area contributed by atoms with E-state index in [1.165, 1.54) is 0 Å². The smallest absolute Gasteiger partial charge is 0.233 e. The molecule has 2 aliphatic rings. The Labute approximate surface area is 150 Å². The molecular weight excluding hydrogens is 320 g/mol. The summed E-state index contributed by atoms with van der Waals surface area (Å²) in [5.41, 5.74) is 0.690. The third kappa shape index (κ3) is 3.21. The Balaban J connectivity index is 1.82. The first-order valence-electron chi connectivity index (χ1n) is 9.37. The van der Waals surface area contributed by atoms with Gasteiger partial charge in [-0.3, -0.25) is 4.79 Å². The van der Waals surface area contributed by atoms with Gasteiger partial charge in [0.2, 0.25) is 5.91 Å². The molecule has 0 saturated carbocycles. The summed E-state index contributed by atoms with van der Waals surface area (Å²) >= 11 is 6.05. The number of hydrogen-bond acceptors (Lipinski definition) is 2. The van der Waals surface area contributed by atoms with Gasteiger partial charge in [-0.1, -0.05) is 37.6 Å². The van der Waals surface area contributed by atoms with Crippen LogP contribution in [0.3, 0.4) is 0 Å². The second-order valence-electron chi connectivity index (χ2n) is 7.34. The lowest BCUT2D eigenvalue weighted by molar-refractivity contribution is -0.138. The Morgan fingerprint density at radius 3 is 2.17 bits per heavy atom. The number of likely N-dealkylation sites (tertiary alicyclic amines) is 1. The van der Waals surface area contributed by atoms with Gasteiger partial charge < -0.3 is 10.2 Å². The van der Waals surface area contributed by atoms with Gasteiger partial charge in [0.1, 0.15) is 0 Å². The number of carbonyl (C=O) groups is 1. The predicted molar refractivity (Wildman–Crippen MR) is 99.4 cm³/mol. The summed E-state index contributed by atoms with van der Waals surface area (Å²) in [6.45, 7) is 8.31. The van der Waals surface area contributed by atoms with E-state index in [-0.39, 0.29) is 0 Å². The zero-order chi connectivity index (χ0) is 17.2. The van der Waals surface area contributed by atoms with E-state index in [9.17, 15) is 4.79 Å². The van der Waals surface area contributed by atoms with Crippen LogP contribution in [0.25, 0.3) is 0 Å². The maximum atomic E-state index is 13.5. The van der Waals surface area contributed by atoms with E-state index >= 15 is 0 Å². The average Bonchev–Trinajstić information content (AvgIpc) is 2.96. The minimum absolute atomic E-state index is 0.308. The summed E-state index contributed by atoms with van der Waals surface area (Å²) in [4.78, 5) is 15.7. The van der Waals surface area contributed by atoms with Gasteiger partial charge in [0.15, 0.2) is 0 Å². The van der Waals surface area contributed by atoms with E-state index in [2.05, 4.69) is 24.1 Å². The number of halogens is 1. The number of fused-ring (bicyclic) bond motifs is 1. The lowest BCUT2D eigenvalue weighted by Crippen LogP contribution is -2.47. The third-order valence-electron chi connectivity index (χ3n) is 6.32. The molecule has 0 aliphatic carbocycles. The lowest BCUT2D eigenvalue weighted by atomic mass is 9.74. The number of nitrogens with zero attached hydrogens (tertiary/aromatic N) is 1. The predicted octanol–water partition coefficient (Wildman–Crippen LogP) is 3.86. The summed E-state index contributed by atoms with van der Waals surface area (Å²) in [6, 6.07) is 7.87. The fourth-order valence-corrected chi connectivity index (χ4v) is 4.70. The number of rotatable bonds is 4. The number of hydrogen-bond donors (Lipinski definition) is 1. The highest BCUT2D eigenvalue weighted by Crippen LogP contribution is 2.36. The molecule has 2 atom stereocenters. The molecule has 4 heteroatoms. The zero-order valence-corrected chi connectivity index (χ0v) is 15.6. The highest BCUT2D eigenvalue weighted by atomic mass is 35.5. The second kappa shape index (κ2) is 7.45. The normalized spacial score (nSPS) is 24.5. The van der Waals surface area contributed by atoms with Crippen LogP contribution in [0.4, 0.5) is 0 Å². The molecule has 1 aromatic rings. The minimum Gasteiger partial charge on any atom is -0.342 e. The molecule has 2 heterocycles. The van der Waals surface area contributed by atoms with Crippen LogP contribution in [0, 0.1) is 11.8 Å².